The van der Waals surface area contributed by atoms with Crippen LogP contribution in [0.5, 0.6) is 0 Å². The van der Waals surface area contributed by atoms with Gasteiger partial charge >= 0.3 is 0 Å². The van der Waals surface area contributed by atoms with Crippen molar-refractivity contribution < 1.29 is 0 Å². The van der Waals surface area contributed by atoms with E-state index in [1.165, 1.54) is 57.9 Å². The van der Waals surface area contributed by atoms with Crippen molar-refractivity contribution in [2.75, 3.05) is 19.6 Å². The second-order valence-electron chi connectivity index (χ2n) is 5.27. The smallest absolute Gasteiger partial charge is 0.00793 e. The largest absolute Gasteiger partial charge is 0.315 e. The molecule has 2 nitrogen and oxygen atoms in total. The van der Waals surface area contributed by atoms with Crippen LogP contribution in [0.25, 0.3) is 0 Å². The van der Waals surface area contributed by atoms with Crippen LogP contribution in [0.3, 0.4) is 0 Å². The van der Waals surface area contributed by atoms with E-state index in [0.717, 1.165) is 25.0 Å². The summed E-state index contributed by atoms with van der Waals surface area (Å²) >= 11 is 0. The highest BCUT2D eigenvalue weighted by molar-refractivity contribution is 4.80. The maximum atomic E-state index is 3.53. The van der Waals surface area contributed by atoms with Gasteiger partial charge in [0.25, 0.3) is 0 Å². The van der Waals surface area contributed by atoms with Gasteiger partial charge in [0.2, 0.25) is 0 Å². The lowest BCUT2D eigenvalue weighted by Crippen LogP contribution is -2.29. The molecule has 88 valence electrons. The Balaban J connectivity index is 1.32. The molecule has 0 amide bonds. The fraction of sp³-hybridized carbons (Fsp3) is 1.00. The van der Waals surface area contributed by atoms with Crippen molar-refractivity contribution in [2.24, 2.45) is 5.92 Å². The van der Waals surface area contributed by atoms with E-state index in [1.807, 2.05) is 0 Å². The third-order valence-corrected chi connectivity index (χ3v) is 3.75. The van der Waals surface area contributed by atoms with Gasteiger partial charge in [0, 0.05) is 19.1 Å². The zero-order valence-electron chi connectivity index (χ0n) is 9.93. The number of hydrogen-bond donors (Lipinski definition) is 2. The van der Waals surface area contributed by atoms with Crippen molar-refractivity contribution in [3.05, 3.63) is 0 Å². The number of nitrogens with one attached hydrogen (secondary N) is 2. The van der Waals surface area contributed by atoms with Crippen molar-refractivity contribution in [3.63, 3.8) is 0 Å². The SMILES string of the molecule is C1CCC(CCCNCCNC2CC2)C1. The van der Waals surface area contributed by atoms with Gasteiger partial charge in [-0.05, 0) is 38.1 Å². The molecule has 0 saturated heterocycles. The predicted molar refractivity (Wildman–Crippen MR) is 65.1 cm³/mol. The van der Waals surface area contributed by atoms with Gasteiger partial charge in [0.15, 0.2) is 0 Å². The Bertz CT molecular complexity index is 160. The molecule has 2 rings (SSSR count). The molecule has 0 spiro atoms. The molecule has 0 aromatic heterocycles. The van der Waals surface area contributed by atoms with Crippen LogP contribution in [0.15, 0.2) is 0 Å². The number of rotatable bonds is 8. The Kier molecular flexibility index (Phi) is 4.94. The minimum atomic E-state index is 0.866. The summed E-state index contributed by atoms with van der Waals surface area (Å²) < 4.78 is 0. The van der Waals surface area contributed by atoms with Gasteiger partial charge < -0.3 is 10.6 Å². The van der Waals surface area contributed by atoms with E-state index in [2.05, 4.69) is 10.6 Å². The quantitative estimate of drug-likeness (QED) is 0.601. The number of hydrogen-bond acceptors (Lipinski definition) is 2. The first kappa shape index (κ1) is 11.4. The average Bonchev–Trinajstić information content (AvgIpc) is 2.92. The summed E-state index contributed by atoms with van der Waals surface area (Å²) in [6, 6.07) is 0.866. The summed E-state index contributed by atoms with van der Waals surface area (Å²) in [4.78, 5) is 0. The molecule has 0 unspecified atom stereocenters. The summed E-state index contributed by atoms with van der Waals surface area (Å²) in [6.45, 7) is 3.54. The highest BCUT2D eigenvalue weighted by Crippen LogP contribution is 2.28. The standard InChI is InChI=1S/C13H26N2/c1-2-5-12(4-1)6-3-9-14-10-11-15-13-7-8-13/h12-15H,1-11H2. The van der Waals surface area contributed by atoms with Gasteiger partial charge in [-0.3, -0.25) is 0 Å². The second kappa shape index (κ2) is 6.49. The molecule has 0 aliphatic heterocycles. The summed E-state index contributed by atoms with van der Waals surface area (Å²) in [5.74, 6) is 1.07. The van der Waals surface area contributed by atoms with E-state index in [4.69, 9.17) is 0 Å². The fourth-order valence-electron chi connectivity index (χ4n) is 2.59. The van der Waals surface area contributed by atoms with E-state index >= 15 is 0 Å². The highest BCUT2D eigenvalue weighted by atomic mass is 15.0. The van der Waals surface area contributed by atoms with Crippen molar-refractivity contribution in [3.8, 4) is 0 Å². The molecule has 2 N–H and O–H groups in total. The molecule has 0 radical (unpaired) electrons. The van der Waals surface area contributed by atoms with Crippen LogP contribution < -0.4 is 10.6 Å². The molecule has 0 atom stereocenters. The van der Waals surface area contributed by atoms with E-state index in [1.54, 1.807) is 0 Å². The van der Waals surface area contributed by atoms with Crippen LogP contribution in [0.2, 0.25) is 0 Å². The van der Waals surface area contributed by atoms with Crippen LogP contribution in [0.1, 0.15) is 51.4 Å². The third-order valence-electron chi connectivity index (χ3n) is 3.75. The Morgan fingerprint density at radius 1 is 0.867 bits per heavy atom. The van der Waals surface area contributed by atoms with E-state index < -0.39 is 0 Å². The first-order valence-corrected chi connectivity index (χ1v) is 6.89. The Labute approximate surface area is 94.2 Å². The molecule has 2 aliphatic carbocycles. The molecular weight excluding hydrogens is 184 g/mol. The van der Waals surface area contributed by atoms with Crippen molar-refractivity contribution in [1.82, 2.24) is 10.6 Å². The first-order chi connectivity index (χ1) is 7.45. The normalized spacial score (nSPS) is 22.4. The molecule has 0 heterocycles. The zero-order valence-corrected chi connectivity index (χ0v) is 9.93. The minimum Gasteiger partial charge on any atom is -0.315 e. The third kappa shape index (κ3) is 4.98. The molecule has 2 saturated carbocycles. The average molecular weight is 210 g/mol. The summed E-state index contributed by atoms with van der Waals surface area (Å²) in [7, 11) is 0. The van der Waals surface area contributed by atoms with Gasteiger partial charge in [-0.25, -0.2) is 0 Å². The first-order valence-electron chi connectivity index (χ1n) is 6.89. The summed E-state index contributed by atoms with van der Waals surface area (Å²) in [6.07, 6.45) is 11.6. The fourth-order valence-corrected chi connectivity index (χ4v) is 2.59. The van der Waals surface area contributed by atoms with Gasteiger partial charge in [0.1, 0.15) is 0 Å². The van der Waals surface area contributed by atoms with Crippen LogP contribution in [-0.4, -0.2) is 25.7 Å². The van der Waals surface area contributed by atoms with Crippen LogP contribution in [-0.2, 0) is 0 Å². The molecule has 0 aromatic carbocycles. The van der Waals surface area contributed by atoms with Gasteiger partial charge in [-0.2, -0.15) is 0 Å². The summed E-state index contributed by atoms with van der Waals surface area (Å²) in [5, 5.41) is 7.06. The van der Waals surface area contributed by atoms with Crippen LogP contribution >= 0.6 is 0 Å². The lowest BCUT2D eigenvalue weighted by molar-refractivity contribution is 0.469. The molecule has 2 fully saturated rings. The lowest BCUT2D eigenvalue weighted by atomic mass is 10.0. The molecule has 0 aromatic rings. The maximum absolute atomic E-state index is 3.53. The Hall–Kier alpha value is -0.0800. The second-order valence-corrected chi connectivity index (χ2v) is 5.27. The zero-order chi connectivity index (χ0) is 10.3. The molecular formula is C13H26N2. The topological polar surface area (TPSA) is 24.1 Å². The monoisotopic (exact) mass is 210 g/mol. The van der Waals surface area contributed by atoms with Crippen molar-refractivity contribution in [2.45, 2.75) is 57.4 Å². The highest BCUT2D eigenvalue weighted by Gasteiger charge is 2.19. The van der Waals surface area contributed by atoms with Gasteiger partial charge in [0.05, 0.1) is 0 Å². The molecule has 15 heavy (non-hydrogen) atoms. The van der Waals surface area contributed by atoms with E-state index in [9.17, 15) is 0 Å². The van der Waals surface area contributed by atoms with Gasteiger partial charge in [-0.1, -0.05) is 25.7 Å². The maximum Gasteiger partial charge on any atom is 0.00793 e. The minimum absolute atomic E-state index is 0.866. The van der Waals surface area contributed by atoms with Gasteiger partial charge in [-0.15, -0.1) is 0 Å². The van der Waals surface area contributed by atoms with E-state index in [-0.39, 0.29) is 0 Å². The van der Waals surface area contributed by atoms with Crippen molar-refractivity contribution in [1.29, 1.82) is 0 Å². The molecule has 2 aliphatic rings. The Morgan fingerprint density at radius 2 is 1.67 bits per heavy atom. The molecule has 0 bridgehead atoms. The lowest BCUT2D eigenvalue weighted by Gasteiger charge is -2.09. The van der Waals surface area contributed by atoms with E-state index in [0.29, 0.717) is 0 Å². The predicted octanol–water partition coefficient (Wildman–Crippen LogP) is 2.30. The van der Waals surface area contributed by atoms with Crippen molar-refractivity contribution >= 4 is 0 Å². The van der Waals surface area contributed by atoms with Crippen LogP contribution in [0.4, 0.5) is 0 Å². The van der Waals surface area contributed by atoms with Crippen LogP contribution in [0, 0.1) is 5.92 Å². The summed E-state index contributed by atoms with van der Waals surface area (Å²) in [5.41, 5.74) is 0. The Morgan fingerprint density at radius 3 is 2.40 bits per heavy atom. The molecule has 2 heteroatoms.